The largest absolute Gasteiger partial charge is 0.480 e. The van der Waals surface area contributed by atoms with Gasteiger partial charge in [0.15, 0.2) is 0 Å². The Morgan fingerprint density at radius 2 is 1.91 bits per heavy atom. The quantitative estimate of drug-likeness (QED) is 0.195. The molecule has 2 heterocycles. The zero-order valence-electron chi connectivity index (χ0n) is 18.3. The minimum absolute atomic E-state index is 0.0919. The molecular weight excluding hydrogens is 420 g/mol. The van der Waals surface area contributed by atoms with Gasteiger partial charge in [0.25, 0.3) is 0 Å². The van der Waals surface area contributed by atoms with E-state index < -0.39 is 48.6 Å². The smallest absolute Gasteiger partial charge is 0.326 e. The summed E-state index contributed by atoms with van der Waals surface area (Å²) in [7, 11) is 0. The second-order valence-electron chi connectivity index (χ2n) is 7.94. The number of nitrogens with one attached hydrogen (secondary N) is 5. The van der Waals surface area contributed by atoms with Crippen molar-refractivity contribution in [3.8, 4) is 0 Å². The average Bonchev–Trinajstić information content (AvgIpc) is 3.48. The zero-order chi connectivity index (χ0) is 23.7. The number of carbonyl (C=O) groups is 4. The lowest BCUT2D eigenvalue weighted by Gasteiger charge is -2.25. The van der Waals surface area contributed by atoms with Gasteiger partial charge in [-0.3, -0.25) is 14.4 Å². The summed E-state index contributed by atoms with van der Waals surface area (Å²) < 4.78 is 0. The average molecular weight is 453 g/mol. The molecule has 1 aliphatic rings. The topological polar surface area (TPSA) is 186 Å². The first-order chi connectivity index (χ1) is 15.3. The number of amides is 3. The molecule has 32 heavy (non-hydrogen) atoms. The number of aromatic amines is 1. The first kappa shape index (κ1) is 25.3. The Morgan fingerprint density at radius 3 is 2.44 bits per heavy atom. The van der Waals surface area contributed by atoms with Crippen molar-refractivity contribution in [1.29, 1.82) is 0 Å². The van der Waals surface area contributed by atoms with E-state index in [1.807, 2.05) is 0 Å². The van der Waals surface area contributed by atoms with Gasteiger partial charge in [-0.25, -0.2) is 9.78 Å². The fourth-order valence-corrected chi connectivity index (χ4v) is 3.41. The molecule has 12 heteroatoms. The van der Waals surface area contributed by atoms with Crippen molar-refractivity contribution in [3.05, 3.63) is 18.2 Å². The lowest BCUT2D eigenvalue weighted by Crippen LogP contribution is -2.59. The number of aliphatic hydroxyl groups is 1. The van der Waals surface area contributed by atoms with Gasteiger partial charge in [0.2, 0.25) is 17.7 Å². The molecule has 5 unspecified atom stereocenters. The molecule has 2 rings (SSSR count). The SMILES string of the molecule is CCC(C)C(NC(=O)C(CO)NC(=O)C(Cc1cnc[nH]1)NC(=O)C1CCCN1)C(=O)O. The molecule has 1 aromatic heterocycles. The van der Waals surface area contributed by atoms with E-state index in [1.54, 1.807) is 13.8 Å². The maximum absolute atomic E-state index is 12.9. The molecule has 1 aliphatic heterocycles. The van der Waals surface area contributed by atoms with E-state index in [0.717, 1.165) is 6.42 Å². The molecule has 0 aromatic carbocycles. The first-order valence-electron chi connectivity index (χ1n) is 10.7. The number of aromatic nitrogens is 2. The number of hydrogen-bond donors (Lipinski definition) is 7. The van der Waals surface area contributed by atoms with Crippen LogP contribution in [0.4, 0.5) is 0 Å². The normalized spacial score (nSPS) is 19.4. The van der Waals surface area contributed by atoms with Gasteiger partial charge in [-0.05, 0) is 25.3 Å². The molecule has 12 nitrogen and oxygen atoms in total. The summed E-state index contributed by atoms with van der Waals surface area (Å²) in [6.45, 7) is 3.45. The van der Waals surface area contributed by atoms with Gasteiger partial charge in [0, 0.05) is 18.3 Å². The Hall–Kier alpha value is -2.99. The Labute approximate surface area is 185 Å². The minimum atomic E-state index is -1.38. The van der Waals surface area contributed by atoms with Gasteiger partial charge in [-0.15, -0.1) is 0 Å². The van der Waals surface area contributed by atoms with Crippen molar-refractivity contribution in [2.45, 2.75) is 63.7 Å². The molecule has 0 spiro atoms. The number of imidazole rings is 1. The Morgan fingerprint density at radius 1 is 1.19 bits per heavy atom. The van der Waals surface area contributed by atoms with Crippen molar-refractivity contribution in [2.24, 2.45) is 5.92 Å². The van der Waals surface area contributed by atoms with Crippen LogP contribution in [0.5, 0.6) is 0 Å². The third-order valence-corrected chi connectivity index (χ3v) is 5.58. The standard InChI is InChI=1S/C20H32N6O6/c1-3-11(2)16(20(31)32)26-19(30)15(9-27)25-18(29)14(7-12-8-21-10-23-12)24-17(28)13-5-4-6-22-13/h8,10-11,13-16,22,27H,3-7,9H2,1-2H3,(H,21,23)(H,24,28)(H,25,29)(H,26,30)(H,31,32). The van der Waals surface area contributed by atoms with Crippen LogP contribution in [0.3, 0.4) is 0 Å². The molecule has 7 N–H and O–H groups in total. The fourth-order valence-electron chi connectivity index (χ4n) is 3.41. The molecule has 1 saturated heterocycles. The van der Waals surface area contributed by atoms with Crippen molar-refractivity contribution in [3.63, 3.8) is 0 Å². The molecule has 1 aromatic rings. The van der Waals surface area contributed by atoms with Crippen LogP contribution in [0, 0.1) is 5.92 Å². The van der Waals surface area contributed by atoms with Crippen LogP contribution in [0.25, 0.3) is 0 Å². The number of aliphatic carboxylic acids is 1. The maximum Gasteiger partial charge on any atom is 0.326 e. The van der Waals surface area contributed by atoms with Crippen molar-refractivity contribution >= 4 is 23.7 Å². The first-order valence-corrected chi connectivity index (χ1v) is 10.7. The highest BCUT2D eigenvalue weighted by molar-refractivity contribution is 5.94. The Bertz CT molecular complexity index is 780. The number of hydrogen-bond acceptors (Lipinski definition) is 7. The number of carbonyl (C=O) groups excluding carboxylic acids is 3. The van der Waals surface area contributed by atoms with Gasteiger partial charge >= 0.3 is 5.97 Å². The third kappa shape index (κ3) is 7.02. The number of nitrogens with zero attached hydrogens (tertiary/aromatic N) is 1. The van der Waals surface area contributed by atoms with Crippen LogP contribution in [0.1, 0.15) is 38.8 Å². The molecular formula is C20H32N6O6. The molecule has 5 atom stereocenters. The molecule has 3 amide bonds. The van der Waals surface area contributed by atoms with Gasteiger partial charge < -0.3 is 36.5 Å². The summed E-state index contributed by atoms with van der Waals surface area (Å²) in [6.07, 6.45) is 5.06. The summed E-state index contributed by atoms with van der Waals surface area (Å²) in [5.74, 6) is -3.40. The number of rotatable bonds is 12. The van der Waals surface area contributed by atoms with Crippen LogP contribution in [0.2, 0.25) is 0 Å². The van der Waals surface area contributed by atoms with Gasteiger partial charge in [-0.2, -0.15) is 0 Å². The summed E-state index contributed by atoms with van der Waals surface area (Å²) in [5, 5.41) is 29.5. The molecule has 0 saturated carbocycles. The number of aliphatic hydroxyl groups excluding tert-OH is 1. The predicted octanol–water partition coefficient (Wildman–Crippen LogP) is -1.72. The van der Waals surface area contributed by atoms with Crippen LogP contribution >= 0.6 is 0 Å². The van der Waals surface area contributed by atoms with E-state index >= 15 is 0 Å². The molecule has 178 valence electrons. The third-order valence-electron chi connectivity index (χ3n) is 5.58. The lowest BCUT2D eigenvalue weighted by molar-refractivity contribution is -0.144. The number of H-pyrrole nitrogens is 1. The van der Waals surface area contributed by atoms with E-state index in [1.165, 1.54) is 12.5 Å². The summed E-state index contributed by atoms with van der Waals surface area (Å²) >= 11 is 0. The minimum Gasteiger partial charge on any atom is -0.480 e. The Balaban J connectivity index is 2.07. The number of carboxylic acids is 1. The molecule has 0 aliphatic carbocycles. The second kappa shape index (κ2) is 12.2. The van der Waals surface area contributed by atoms with Crippen molar-refractivity contribution in [2.75, 3.05) is 13.2 Å². The van der Waals surface area contributed by atoms with E-state index in [-0.39, 0.29) is 18.2 Å². The van der Waals surface area contributed by atoms with Crippen LogP contribution in [0.15, 0.2) is 12.5 Å². The second-order valence-corrected chi connectivity index (χ2v) is 7.94. The molecule has 0 bridgehead atoms. The monoisotopic (exact) mass is 452 g/mol. The van der Waals surface area contributed by atoms with E-state index in [4.69, 9.17) is 0 Å². The summed E-state index contributed by atoms with van der Waals surface area (Å²) in [5.41, 5.74) is 0.595. The van der Waals surface area contributed by atoms with Gasteiger partial charge in [0.1, 0.15) is 18.1 Å². The summed E-state index contributed by atoms with van der Waals surface area (Å²) in [4.78, 5) is 56.2. The van der Waals surface area contributed by atoms with Crippen molar-refractivity contribution < 1.29 is 29.4 Å². The van der Waals surface area contributed by atoms with Gasteiger partial charge in [-0.1, -0.05) is 20.3 Å². The summed E-state index contributed by atoms with van der Waals surface area (Å²) in [6, 6.07) is -3.97. The molecule has 0 radical (unpaired) electrons. The van der Waals surface area contributed by atoms with Crippen LogP contribution in [-0.4, -0.2) is 81.2 Å². The molecule has 1 fully saturated rings. The van der Waals surface area contributed by atoms with Crippen LogP contribution < -0.4 is 21.3 Å². The van der Waals surface area contributed by atoms with E-state index in [2.05, 4.69) is 31.2 Å². The predicted molar refractivity (Wildman–Crippen MR) is 113 cm³/mol. The van der Waals surface area contributed by atoms with Crippen molar-refractivity contribution in [1.82, 2.24) is 31.2 Å². The van der Waals surface area contributed by atoms with Gasteiger partial charge in [0.05, 0.1) is 19.0 Å². The Kier molecular flexibility index (Phi) is 9.60. The van der Waals surface area contributed by atoms with E-state index in [0.29, 0.717) is 25.1 Å². The lowest BCUT2D eigenvalue weighted by atomic mass is 9.99. The number of carboxylic acid groups (broad SMARTS) is 1. The van der Waals surface area contributed by atoms with E-state index in [9.17, 15) is 29.4 Å². The highest BCUT2D eigenvalue weighted by Gasteiger charge is 2.32. The zero-order valence-corrected chi connectivity index (χ0v) is 18.3. The van der Waals surface area contributed by atoms with Crippen LogP contribution in [-0.2, 0) is 25.6 Å². The highest BCUT2D eigenvalue weighted by Crippen LogP contribution is 2.09. The highest BCUT2D eigenvalue weighted by atomic mass is 16.4. The fraction of sp³-hybridized carbons (Fsp3) is 0.650. The maximum atomic E-state index is 12.9.